The van der Waals surface area contributed by atoms with Gasteiger partial charge >= 0.3 is 0 Å². The van der Waals surface area contributed by atoms with E-state index in [0.717, 1.165) is 0 Å². The normalized spacial score (nSPS) is 14.8. The molecule has 0 amide bonds. The molecule has 3 aliphatic rings. The van der Waals surface area contributed by atoms with E-state index in [4.69, 9.17) is 0 Å². The van der Waals surface area contributed by atoms with Crippen molar-refractivity contribution in [2.75, 3.05) is 0 Å². The maximum atomic E-state index is 2.60. The van der Waals surface area contributed by atoms with Gasteiger partial charge in [-0.3, -0.25) is 0 Å². The molecule has 0 N–H and O–H groups in total. The van der Waals surface area contributed by atoms with Crippen LogP contribution in [0.3, 0.4) is 0 Å². The lowest BCUT2D eigenvalue weighted by Crippen LogP contribution is -2.48. The molecular formula is C24H10BN. The van der Waals surface area contributed by atoms with Crippen molar-refractivity contribution in [3.8, 4) is 22.3 Å². The van der Waals surface area contributed by atoms with Crippen LogP contribution >= 0.6 is 0 Å². The molecule has 0 fully saturated rings. The maximum absolute atomic E-state index is 2.60. The molecule has 1 nitrogen and oxygen atoms in total. The number of benzene rings is 4. The lowest BCUT2D eigenvalue weighted by Gasteiger charge is -2.18. The van der Waals surface area contributed by atoms with E-state index in [1.165, 1.54) is 60.3 Å². The summed E-state index contributed by atoms with van der Waals surface area (Å²) < 4.78 is 2.60. The molecule has 2 aromatic heterocycles. The second-order valence-electron chi connectivity index (χ2n) is 8.08. The summed E-state index contributed by atoms with van der Waals surface area (Å²) >= 11 is 0. The standard InChI is InChI=1S/C24H10BN/c1-3-11-13-7-9-17-15-5-2-6-16-18-10-8-14-12(4-1)19(11)25-20(13)23(17)26(22(15)16)24(18)21(14)25/h1-10H. The van der Waals surface area contributed by atoms with Crippen molar-refractivity contribution in [2.24, 2.45) is 0 Å². The third kappa shape index (κ3) is 0.829. The van der Waals surface area contributed by atoms with Crippen molar-refractivity contribution >= 4 is 61.2 Å². The minimum Gasteiger partial charge on any atom is -0.309 e. The molecule has 4 aromatic carbocycles. The molecule has 0 spiro atoms. The van der Waals surface area contributed by atoms with Gasteiger partial charge in [-0.1, -0.05) is 66.1 Å². The fourth-order valence-corrected chi connectivity index (χ4v) is 6.52. The predicted molar refractivity (Wildman–Crippen MR) is 110 cm³/mol. The topological polar surface area (TPSA) is 4.41 Å². The number of aromatic nitrogens is 1. The zero-order valence-corrected chi connectivity index (χ0v) is 13.8. The highest BCUT2D eigenvalue weighted by molar-refractivity contribution is 7.05. The van der Waals surface area contributed by atoms with Gasteiger partial charge in [0.25, 0.3) is 0 Å². The van der Waals surface area contributed by atoms with E-state index in [2.05, 4.69) is 65.1 Å². The molecule has 0 unspecified atom stereocenters. The molecule has 0 atom stereocenters. The second-order valence-corrected chi connectivity index (χ2v) is 8.08. The summed E-state index contributed by atoms with van der Waals surface area (Å²) in [7, 11) is 0. The van der Waals surface area contributed by atoms with E-state index in [-0.39, 0.29) is 0 Å². The van der Waals surface area contributed by atoms with Gasteiger partial charge in [-0.15, -0.1) is 0 Å². The smallest absolute Gasteiger partial charge is 0.249 e. The number of nitrogens with zero attached hydrogens (tertiary/aromatic N) is 1. The second kappa shape index (κ2) is 3.12. The molecule has 0 bridgehead atoms. The van der Waals surface area contributed by atoms with Gasteiger partial charge in [0.2, 0.25) is 6.71 Å². The summed E-state index contributed by atoms with van der Waals surface area (Å²) in [6, 6.07) is 23.2. The lowest BCUT2D eigenvalue weighted by atomic mass is 9.40. The Kier molecular flexibility index (Phi) is 1.37. The molecule has 114 valence electrons. The molecule has 9 rings (SSSR count). The highest BCUT2D eigenvalue weighted by Gasteiger charge is 2.47. The van der Waals surface area contributed by atoms with Gasteiger partial charge in [0.1, 0.15) is 0 Å². The van der Waals surface area contributed by atoms with Crippen LogP contribution in [0.15, 0.2) is 60.7 Å². The molecule has 0 radical (unpaired) electrons. The highest BCUT2D eigenvalue weighted by atomic mass is 14.9. The van der Waals surface area contributed by atoms with Crippen LogP contribution in [0.2, 0.25) is 0 Å². The number of para-hydroxylation sites is 1. The zero-order valence-electron chi connectivity index (χ0n) is 13.8. The van der Waals surface area contributed by atoms with E-state index in [0.29, 0.717) is 6.71 Å². The Morgan fingerprint density at radius 2 is 0.962 bits per heavy atom. The van der Waals surface area contributed by atoms with Gasteiger partial charge in [-0.25, -0.2) is 0 Å². The molecular weight excluding hydrogens is 313 g/mol. The SMILES string of the molecule is c1cc2c3c(c1)-c1ccc4c5cccc6c7ccc-2c2c7n(c4c1B32)c65. The van der Waals surface area contributed by atoms with Gasteiger partial charge in [-0.2, -0.15) is 0 Å². The molecule has 0 saturated heterocycles. The van der Waals surface area contributed by atoms with Crippen LogP contribution in [0.1, 0.15) is 0 Å². The Morgan fingerprint density at radius 3 is 1.58 bits per heavy atom. The predicted octanol–water partition coefficient (Wildman–Crippen LogP) is 3.63. The van der Waals surface area contributed by atoms with Crippen molar-refractivity contribution in [1.29, 1.82) is 0 Å². The van der Waals surface area contributed by atoms with Gasteiger partial charge in [0.15, 0.2) is 0 Å². The average Bonchev–Trinajstić information content (AvgIpc) is 3.39. The summed E-state index contributed by atoms with van der Waals surface area (Å²) in [5.41, 5.74) is 14.8. The average molecular weight is 323 g/mol. The minimum atomic E-state index is 0.440. The maximum Gasteiger partial charge on any atom is 0.249 e. The highest BCUT2D eigenvalue weighted by Crippen LogP contribution is 2.45. The third-order valence-electron chi connectivity index (χ3n) is 7.27. The first-order valence-corrected chi connectivity index (χ1v) is 9.35. The van der Waals surface area contributed by atoms with Gasteiger partial charge < -0.3 is 4.40 Å². The summed E-state index contributed by atoms with van der Waals surface area (Å²) in [6.07, 6.45) is 0. The summed E-state index contributed by atoms with van der Waals surface area (Å²) in [4.78, 5) is 0. The van der Waals surface area contributed by atoms with E-state index in [1.54, 1.807) is 16.4 Å². The van der Waals surface area contributed by atoms with Crippen LogP contribution in [0.4, 0.5) is 0 Å². The first-order chi connectivity index (χ1) is 12.9. The van der Waals surface area contributed by atoms with E-state index in [9.17, 15) is 0 Å². The Bertz CT molecular complexity index is 1570. The Hall–Kier alpha value is -3.26. The van der Waals surface area contributed by atoms with Crippen molar-refractivity contribution < 1.29 is 0 Å². The fourth-order valence-electron chi connectivity index (χ4n) is 6.52. The molecule has 5 heterocycles. The largest absolute Gasteiger partial charge is 0.309 e. The van der Waals surface area contributed by atoms with Crippen LogP contribution in [-0.4, -0.2) is 11.1 Å². The van der Waals surface area contributed by atoms with Crippen molar-refractivity contribution in [1.82, 2.24) is 4.40 Å². The summed E-state index contributed by atoms with van der Waals surface area (Å²) in [5, 5.41) is 5.65. The number of fused-ring (bicyclic) bond motifs is 4. The van der Waals surface area contributed by atoms with Crippen molar-refractivity contribution in [2.45, 2.75) is 0 Å². The Labute approximate surface area is 148 Å². The minimum absolute atomic E-state index is 0.440. The quantitative estimate of drug-likeness (QED) is 0.376. The molecule has 26 heavy (non-hydrogen) atoms. The number of hydrogen-bond acceptors (Lipinski definition) is 0. The van der Waals surface area contributed by atoms with E-state index < -0.39 is 0 Å². The van der Waals surface area contributed by atoms with Gasteiger partial charge in [0.05, 0.1) is 16.6 Å². The van der Waals surface area contributed by atoms with Crippen LogP contribution in [-0.2, 0) is 0 Å². The van der Waals surface area contributed by atoms with Crippen molar-refractivity contribution in [3.63, 3.8) is 0 Å². The molecule has 6 aromatic rings. The first-order valence-electron chi connectivity index (χ1n) is 9.35. The molecule has 0 aliphatic carbocycles. The molecule has 3 aliphatic heterocycles. The lowest BCUT2D eigenvalue weighted by molar-refractivity contribution is 1.38. The monoisotopic (exact) mass is 323 g/mol. The van der Waals surface area contributed by atoms with E-state index >= 15 is 0 Å². The summed E-state index contributed by atoms with van der Waals surface area (Å²) in [5.74, 6) is 0. The van der Waals surface area contributed by atoms with Gasteiger partial charge in [-0.05, 0) is 33.2 Å². The van der Waals surface area contributed by atoms with Crippen LogP contribution in [0, 0.1) is 0 Å². The Morgan fingerprint density at radius 1 is 0.462 bits per heavy atom. The summed E-state index contributed by atoms with van der Waals surface area (Å²) in [6.45, 7) is 0.440. The number of rotatable bonds is 0. The molecule has 2 heteroatoms. The van der Waals surface area contributed by atoms with Crippen LogP contribution < -0.4 is 16.4 Å². The third-order valence-corrected chi connectivity index (χ3v) is 7.27. The Balaban J connectivity index is 1.82. The van der Waals surface area contributed by atoms with Crippen LogP contribution in [0.25, 0.3) is 60.3 Å². The van der Waals surface area contributed by atoms with E-state index in [1.807, 2.05) is 0 Å². The number of hydrogen-bond donors (Lipinski definition) is 0. The van der Waals surface area contributed by atoms with Gasteiger partial charge in [0, 0.05) is 21.5 Å². The fraction of sp³-hybridized carbons (Fsp3) is 0. The van der Waals surface area contributed by atoms with Crippen LogP contribution in [0.5, 0.6) is 0 Å². The molecule has 0 saturated carbocycles. The zero-order chi connectivity index (χ0) is 16.3. The van der Waals surface area contributed by atoms with Crippen molar-refractivity contribution in [3.05, 3.63) is 60.7 Å². The first kappa shape index (κ1) is 11.4.